The van der Waals surface area contributed by atoms with E-state index in [0.717, 1.165) is 37.3 Å². The number of likely N-dealkylation sites (tertiary alicyclic amines) is 1. The number of hydrogen-bond donors (Lipinski definition) is 2. The topological polar surface area (TPSA) is 55.8 Å². The molecule has 0 aromatic heterocycles. The number of nitrogens with one attached hydrogen (secondary N) is 1. The number of carbonyl (C=O) groups excluding carboxylic acids is 1. The second kappa shape index (κ2) is 7.31. The maximum atomic E-state index is 11.3. The standard InChI is InChI=1S/C16H25N3O2/c1-13(21)19-9-7-15(8-10-19)17-14-3-5-16(6-4-14)18(2)11-12-20/h3-6,15,17,20H,7-12H2,1-2H3. The van der Waals surface area contributed by atoms with Crippen molar-refractivity contribution in [2.24, 2.45) is 0 Å². The predicted octanol–water partition coefficient (Wildman–Crippen LogP) is 1.54. The van der Waals surface area contributed by atoms with Crippen molar-refractivity contribution >= 4 is 17.3 Å². The first kappa shape index (κ1) is 15.6. The molecule has 0 aliphatic carbocycles. The highest BCUT2D eigenvalue weighted by molar-refractivity contribution is 5.73. The van der Waals surface area contributed by atoms with Crippen LogP contribution in [0.25, 0.3) is 0 Å². The molecule has 1 aromatic rings. The zero-order chi connectivity index (χ0) is 15.2. The van der Waals surface area contributed by atoms with E-state index in [4.69, 9.17) is 5.11 Å². The summed E-state index contributed by atoms with van der Waals surface area (Å²) in [7, 11) is 1.97. The zero-order valence-electron chi connectivity index (χ0n) is 12.9. The summed E-state index contributed by atoms with van der Waals surface area (Å²) in [5.41, 5.74) is 2.21. The highest BCUT2D eigenvalue weighted by Gasteiger charge is 2.20. The molecule has 2 rings (SSSR count). The number of benzene rings is 1. The molecule has 1 heterocycles. The Morgan fingerprint density at radius 2 is 1.95 bits per heavy atom. The van der Waals surface area contributed by atoms with Gasteiger partial charge in [0.1, 0.15) is 0 Å². The normalized spacial score (nSPS) is 15.9. The van der Waals surface area contributed by atoms with Gasteiger partial charge in [-0.1, -0.05) is 0 Å². The van der Waals surface area contributed by atoms with Gasteiger partial charge in [-0.25, -0.2) is 0 Å². The number of carbonyl (C=O) groups is 1. The van der Waals surface area contributed by atoms with E-state index in [0.29, 0.717) is 12.6 Å². The van der Waals surface area contributed by atoms with Gasteiger partial charge in [-0.05, 0) is 37.1 Å². The first-order valence-corrected chi connectivity index (χ1v) is 7.54. The largest absolute Gasteiger partial charge is 0.395 e. The third-order valence-electron chi connectivity index (χ3n) is 4.05. The van der Waals surface area contributed by atoms with Crippen molar-refractivity contribution in [1.29, 1.82) is 0 Å². The Morgan fingerprint density at radius 3 is 2.48 bits per heavy atom. The van der Waals surface area contributed by atoms with Crippen LogP contribution in [0.5, 0.6) is 0 Å². The molecule has 0 atom stereocenters. The summed E-state index contributed by atoms with van der Waals surface area (Å²) in [6, 6.07) is 8.69. The van der Waals surface area contributed by atoms with Crippen LogP contribution in [-0.2, 0) is 4.79 Å². The molecule has 0 bridgehead atoms. The van der Waals surface area contributed by atoms with Gasteiger partial charge in [0.15, 0.2) is 0 Å². The third kappa shape index (κ3) is 4.36. The Bertz CT molecular complexity index is 453. The van der Waals surface area contributed by atoms with Crippen molar-refractivity contribution in [1.82, 2.24) is 4.90 Å². The van der Waals surface area contributed by atoms with Gasteiger partial charge in [0, 0.05) is 51.0 Å². The quantitative estimate of drug-likeness (QED) is 0.864. The van der Waals surface area contributed by atoms with Gasteiger partial charge in [0.05, 0.1) is 6.61 Å². The van der Waals surface area contributed by atoms with Crippen LogP contribution in [0.3, 0.4) is 0 Å². The van der Waals surface area contributed by atoms with E-state index in [1.54, 1.807) is 6.92 Å². The van der Waals surface area contributed by atoms with Gasteiger partial charge in [0.2, 0.25) is 5.91 Å². The Morgan fingerprint density at radius 1 is 1.33 bits per heavy atom. The molecule has 5 heteroatoms. The summed E-state index contributed by atoms with van der Waals surface area (Å²) in [5.74, 6) is 0.171. The minimum Gasteiger partial charge on any atom is -0.395 e. The van der Waals surface area contributed by atoms with Gasteiger partial charge in [-0.15, -0.1) is 0 Å². The van der Waals surface area contributed by atoms with Crippen molar-refractivity contribution in [2.75, 3.05) is 43.5 Å². The molecule has 21 heavy (non-hydrogen) atoms. The lowest BCUT2D eigenvalue weighted by molar-refractivity contribution is -0.129. The number of piperidine rings is 1. The first-order chi connectivity index (χ1) is 10.1. The molecule has 5 nitrogen and oxygen atoms in total. The van der Waals surface area contributed by atoms with E-state index in [9.17, 15) is 4.79 Å². The van der Waals surface area contributed by atoms with E-state index < -0.39 is 0 Å². The summed E-state index contributed by atoms with van der Waals surface area (Å²) >= 11 is 0. The van der Waals surface area contributed by atoms with E-state index in [1.165, 1.54) is 0 Å². The van der Waals surface area contributed by atoms with Crippen molar-refractivity contribution in [3.8, 4) is 0 Å². The minimum absolute atomic E-state index is 0.158. The number of rotatable bonds is 5. The van der Waals surface area contributed by atoms with Crippen molar-refractivity contribution < 1.29 is 9.90 Å². The molecular formula is C16H25N3O2. The van der Waals surface area contributed by atoms with Gasteiger partial charge < -0.3 is 20.2 Å². The third-order valence-corrected chi connectivity index (χ3v) is 4.05. The van der Waals surface area contributed by atoms with Crippen molar-refractivity contribution in [3.63, 3.8) is 0 Å². The molecule has 1 amide bonds. The van der Waals surface area contributed by atoms with Gasteiger partial charge in [-0.2, -0.15) is 0 Å². The number of nitrogens with zero attached hydrogens (tertiary/aromatic N) is 2. The van der Waals surface area contributed by atoms with Crippen LogP contribution in [0.1, 0.15) is 19.8 Å². The van der Waals surface area contributed by atoms with Gasteiger partial charge in [-0.3, -0.25) is 4.79 Å². The highest BCUT2D eigenvalue weighted by atomic mass is 16.3. The Kier molecular flexibility index (Phi) is 5.44. The lowest BCUT2D eigenvalue weighted by Crippen LogP contribution is -2.41. The second-order valence-electron chi connectivity index (χ2n) is 5.62. The van der Waals surface area contributed by atoms with Crippen LogP contribution in [-0.4, -0.2) is 55.2 Å². The number of anilines is 2. The average Bonchev–Trinajstić information content (AvgIpc) is 2.49. The van der Waals surface area contributed by atoms with E-state index in [1.807, 2.05) is 16.8 Å². The molecule has 1 aliphatic heterocycles. The summed E-state index contributed by atoms with van der Waals surface area (Å²) in [6.07, 6.45) is 1.98. The molecule has 0 unspecified atom stereocenters. The van der Waals surface area contributed by atoms with Crippen LogP contribution < -0.4 is 10.2 Å². The molecular weight excluding hydrogens is 266 g/mol. The van der Waals surface area contributed by atoms with E-state index >= 15 is 0 Å². The fraction of sp³-hybridized carbons (Fsp3) is 0.562. The van der Waals surface area contributed by atoms with Crippen molar-refractivity contribution in [2.45, 2.75) is 25.8 Å². The fourth-order valence-corrected chi connectivity index (χ4v) is 2.67. The average molecular weight is 291 g/mol. The first-order valence-electron chi connectivity index (χ1n) is 7.54. The molecule has 0 radical (unpaired) electrons. The molecule has 1 aromatic carbocycles. The highest BCUT2D eigenvalue weighted by Crippen LogP contribution is 2.20. The molecule has 1 fully saturated rings. The zero-order valence-corrected chi connectivity index (χ0v) is 12.9. The van der Waals surface area contributed by atoms with E-state index in [-0.39, 0.29) is 12.5 Å². The van der Waals surface area contributed by atoms with Crippen LogP contribution in [0.15, 0.2) is 24.3 Å². The summed E-state index contributed by atoms with van der Waals surface area (Å²) < 4.78 is 0. The van der Waals surface area contributed by atoms with Crippen LogP contribution in [0.4, 0.5) is 11.4 Å². The SMILES string of the molecule is CC(=O)N1CCC(Nc2ccc(N(C)CCO)cc2)CC1. The summed E-state index contributed by atoms with van der Waals surface area (Å²) in [6.45, 7) is 4.10. The molecule has 2 N–H and O–H groups in total. The van der Waals surface area contributed by atoms with Crippen LogP contribution >= 0.6 is 0 Å². The van der Waals surface area contributed by atoms with Crippen LogP contribution in [0.2, 0.25) is 0 Å². The number of aliphatic hydroxyl groups excluding tert-OH is 1. The number of amides is 1. The number of likely N-dealkylation sites (N-methyl/N-ethyl adjacent to an activating group) is 1. The summed E-state index contributed by atoms with van der Waals surface area (Å²) in [5, 5.41) is 12.5. The molecule has 0 spiro atoms. The Labute approximate surface area is 126 Å². The molecule has 0 saturated carbocycles. The van der Waals surface area contributed by atoms with Gasteiger partial charge >= 0.3 is 0 Å². The fourth-order valence-electron chi connectivity index (χ4n) is 2.67. The minimum atomic E-state index is 0.158. The monoisotopic (exact) mass is 291 g/mol. The van der Waals surface area contributed by atoms with E-state index in [2.05, 4.69) is 29.6 Å². The number of aliphatic hydroxyl groups is 1. The predicted molar refractivity (Wildman–Crippen MR) is 85.7 cm³/mol. The van der Waals surface area contributed by atoms with Gasteiger partial charge in [0.25, 0.3) is 0 Å². The van der Waals surface area contributed by atoms with Crippen LogP contribution in [0, 0.1) is 0 Å². The molecule has 116 valence electrons. The Balaban J connectivity index is 1.85. The lowest BCUT2D eigenvalue weighted by Gasteiger charge is -2.32. The maximum Gasteiger partial charge on any atom is 0.219 e. The second-order valence-corrected chi connectivity index (χ2v) is 5.62. The summed E-state index contributed by atoms with van der Waals surface area (Å²) in [4.78, 5) is 15.2. The maximum absolute atomic E-state index is 11.3. The number of hydrogen-bond acceptors (Lipinski definition) is 4. The molecule has 1 saturated heterocycles. The smallest absolute Gasteiger partial charge is 0.219 e. The lowest BCUT2D eigenvalue weighted by atomic mass is 10.0. The molecule has 1 aliphatic rings. The van der Waals surface area contributed by atoms with Crippen molar-refractivity contribution in [3.05, 3.63) is 24.3 Å². The Hall–Kier alpha value is -1.75.